The van der Waals surface area contributed by atoms with Crippen LogP contribution in [0.1, 0.15) is 12.5 Å². The largest absolute Gasteiger partial charge is 0.271 e. The summed E-state index contributed by atoms with van der Waals surface area (Å²) in [5.74, 6) is -0.724. The van der Waals surface area contributed by atoms with Gasteiger partial charge in [-0.15, -0.1) is 0 Å². The number of carbonyl (C=O) groups is 1. The third kappa shape index (κ3) is 5.39. The summed E-state index contributed by atoms with van der Waals surface area (Å²) < 4.78 is 55.5. The Hall–Kier alpha value is -3.38. The van der Waals surface area contributed by atoms with Crippen LogP contribution in [-0.2, 0) is 24.8 Å². The molecule has 11 heteroatoms. The Kier molecular flexibility index (Phi) is 7.65. The Balaban J connectivity index is 1.65. The average Bonchev–Trinajstić information content (AvgIpc) is 2.92. The molecule has 1 aliphatic rings. The lowest BCUT2D eigenvalue weighted by Gasteiger charge is -2.38. The van der Waals surface area contributed by atoms with Crippen LogP contribution in [0.15, 0.2) is 106 Å². The van der Waals surface area contributed by atoms with Crippen LogP contribution in [0.5, 0.6) is 0 Å². The van der Waals surface area contributed by atoms with E-state index < -0.39 is 32.0 Å². The minimum atomic E-state index is -4.08. The van der Waals surface area contributed by atoms with Crippen LogP contribution >= 0.6 is 0 Å². The summed E-state index contributed by atoms with van der Waals surface area (Å²) in [5.41, 5.74) is 3.74. The first kappa shape index (κ1) is 25.7. The van der Waals surface area contributed by atoms with Gasteiger partial charge in [0.2, 0.25) is 20.0 Å². The fourth-order valence-corrected chi connectivity index (χ4v) is 6.94. The summed E-state index contributed by atoms with van der Waals surface area (Å²) in [7, 11) is -8.02. The lowest BCUT2D eigenvalue weighted by molar-refractivity contribution is -0.125. The van der Waals surface area contributed by atoms with Gasteiger partial charge in [0, 0.05) is 19.6 Å². The summed E-state index contributed by atoms with van der Waals surface area (Å²) >= 11 is 0. The number of amides is 1. The first-order valence-electron chi connectivity index (χ1n) is 11.2. The molecule has 0 spiro atoms. The molecule has 1 fully saturated rings. The first-order valence-corrected chi connectivity index (χ1v) is 14.1. The van der Waals surface area contributed by atoms with Gasteiger partial charge in [-0.1, -0.05) is 66.7 Å². The van der Waals surface area contributed by atoms with E-state index in [-0.39, 0.29) is 29.4 Å². The highest BCUT2D eigenvalue weighted by Gasteiger charge is 2.43. The van der Waals surface area contributed by atoms with Gasteiger partial charge in [0.05, 0.1) is 15.5 Å². The van der Waals surface area contributed by atoms with Gasteiger partial charge < -0.3 is 0 Å². The van der Waals surface area contributed by atoms with E-state index in [2.05, 4.69) is 10.5 Å². The summed E-state index contributed by atoms with van der Waals surface area (Å²) in [6, 6.07) is 23.4. The lowest BCUT2D eigenvalue weighted by atomic mass is 10.1. The predicted molar refractivity (Wildman–Crippen MR) is 136 cm³/mol. The zero-order valence-electron chi connectivity index (χ0n) is 19.6. The third-order valence-electron chi connectivity index (χ3n) is 5.85. The molecular weight excluding hydrogens is 500 g/mol. The van der Waals surface area contributed by atoms with Gasteiger partial charge in [0.1, 0.15) is 6.04 Å². The lowest BCUT2D eigenvalue weighted by Crippen LogP contribution is -2.60. The number of nitrogens with one attached hydrogen (secondary N) is 1. The third-order valence-corrected chi connectivity index (χ3v) is 9.65. The molecule has 0 unspecified atom stereocenters. The number of nitrogens with zero attached hydrogens (tertiary/aromatic N) is 3. The molecule has 3 aromatic carbocycles. The molecule has 36 heavy (non-hydrogen) atoms. The smallest absolute Gasteiger partial charge is 0.259 e. The van der Waals surface area contributed by atoms with Crippen LogP contribution in [0, 0.1) is 0 Å². The fraction of sp³-hybridized carbons (Fsp3) is 0.200. The number of hydrogen-bond acceptors (Lipinski definition) is 6. The van der Waals surface area contributed by atoms with Crippen molar-refractivity contribution in [3.63, 3.8) is 0 Å². The van der Waals surface area contributed by atoms with Crippen molar-refractivity contribution in [1.29, 1.82) is 0 Å². The molecule has 0 saturated carbocycles. The van der Waals surface area contributed by atoms with E-state index in [1.165, 1.54) is 24.3 Å². The van der Waals surface area contributed by atoms with Gasteiger partial charge in [0.15, 0.2) is 0 Å². The van der Waals surface area contributed by atoms with Crippen molar-refractivity contribution in [2.75, 3.05) is 19.6 Å². The van der Waals surface area contributed by atoms with Crippen molar-refractivity contribution < 1.29 is 21.6 Å². The number of carbonyl (C=O) groups excluding carboxylic acids is 1. The van der Waals surface area contributed by atoms with Crippen molar-refractivity contribution in [2.45, 2.75) is 22.8 Å². The van der Waals surface area contributed by atoms with Gasteiger partial charge in [-0.2, -0.15) is 13.7 Å². The normalized spacial score (nSPS) is 18.0. The van der Waals surface area contributed by atoms with E-state index >= 15 is 0 Å². The van der Waals surface area contributed by atoms with Gasteiger partial charge in [-0.3, -0.25) is 4.79 Å². The topological polar surface area (TPSA) is 116 Å². The minimum Gasteiger partial charge on any atom is -0.271 e. The fourth-order valence-electron chi connectivity index (χ4n) is 3.89. The van der Waals surface area contributed by atoms with Crippen molar-refractivity contribution in [2.24, 2.45) is 5.10 Å². The van der Waals surface area contributed by atoms with E-state index in [1.807, 2.05) is 30.3 Å². The highest BCUT2D eigenvalue weighted by atomic mass is 32.2. The van der Waals surface area contributed by atoms with Gasteiger partial charge in [0.25, 0.3) is 5.91 Å². The molecule has 1 heterocycles. The molecule has 1 amide bonds. The van der Waals surface area contributed by atoms with Crippen LogP contribution in [0.4, 0.5) is 0 Å². The molecule has 0 radical (unpaired) electrons. The van der Waals surface area contributed by atoms with Crippen LogP contribution < -0.4 is 5.43 Å². The van der Waals surface area contributed by atoms with Crippen molar-refractivity contribution in [3.05, 3.63) is 96.6 Å². The second-order valence-electron chi connectivity index (χ2n) is 8.16. The van der Waals surface area contributed by atoms with Crippen molar-refractivity contribution >= 4 is 31.7 Å². The summed E-state index contributed by atoms with van der Waals surface area (Å²) in [6.07, 6.45) is 0. The molecular formula is C25H26N4O5S2. The van der Waals surface area contributed by atoms with E-state index in [0.29, 0.717) is 5.71 Å². The molecule has 1 aliphatic heterocycles. The zero-order chi connectivity index (χ0) is 25.8. The van der Waals surface area contributed by atoms with E-state index in [9.17, 15) is 21.6 Å². The SMILES string of the molecule is C/C(=N/NC(=O)[C@@H]1CN(S(=O)(=O)c2ccccc2)CCN1S(=O)(=O)c1ccccc1)c1ccccc1. The maximum Gasteiger partial charge on any atom is 0.259 e. The second-order valence-corrected chi connectivity index (χ2v) is 12.0. The van der Waals surface area contributed by atoms with Crippen molar-refractivity contribution in [1.82, 2.24) is 14.0 Å². The van der Waals surface area contributed by atoms with E-state index in [4.69, 9.17) is 0 Å². The van der Waals surface area contributed by atoms with Crippen molar-refractivity contribution in [3.8, 4) is 0 Å². The second kappa shape index (κ2) is 10.7. The monoisotopic (exact) mass is 526 g/mol. The van der Waals surface area contributed by atoms with Gasteiger partial charge in [-0.25, -0.2) is 22.3 Å². The summed E-state index contributed by atoms with van der Waals surface area (Å²) in [4.78, 5) is 13.4. The molecule has 9 nitrogen and oxygen atoms in total. The molecule has 0 bridgehead atoms. The molecule has 0 aliphatic carbocycles. The van der Waals surface area contributed by atoms with Crippen LogP contribution in [0.3, 0.4) is 0 Å². The summed E-state index contributed by atoms with van der Waals surface area (Å²) in [6.45, 7) is 1.07. The molecule has 0 aromatic heterocycles. The molecule has 1 N–H and O–H groups in total. The highest BCUT2D eigenvalue weighted by molar-refractivity contribution is 7.89. The number of sulfonamides is 2. The number of piperazine rings is 1. The summed E-state index contributed by atoms with van der Waals surface area (Å²) in [5, 5.41) is 4.13. The maximum absolute atomic E-state index is 13.4. The van der Waals surface area contributed by atoms with Crippen LogP contribution in [-0.4, -0.2) is 62.7 Å². The molecule has 188 valence electrons. The molecule has 4 rings (SSSR count). The maximum atomic E-state index is 13.4. The van der Waals surface area contributed by atoms with Crippen LogP contribution in [0.25, 0.3) is 0 Å². The van der Waals surface area contributed by atoms with Gasteiger partial charge >= 0.3 is 0 Å². The first-order chi connectivity index (χ1) is 17.2. The Labute approximate surface area is 211 Å². The van der Waals surface area contributed by atoms with E-state index in [0.717, 1.165) is 14.2 Å². The number of hydrogen-bond donors (Lipinski definition) is 1. The standard InChI is InChI=1S/C25H26N4O5S2/c1-20(21-11-5-2-6-12-21)26-27-25(30)24-19-28(35(31,32)22-13-7-3-8-14-22)17-18-29(24)36(33,34)23-15-9-4-10-16-23/h2-16,24H,17-19H2,1H3,(H,27,30)/b26-20-/t24-/m0/s1. The average molecular weight is 527 g/mol. The van der Waals surface area contributed by atoms with Crippen LogP contribution in [0.2, 0.25) is 0 Å². The Morgan fingerprint density at radius 3 is 1.83 bits per heavy atom. The van der Waals surface area contributed by atoms with Gasteiger partial charge in [-0.05, 0) is 36.8 Å². The predicted octanol–water partition coefficient (Wildman–Crippen LogP) is 2.29. The number of benzene rings is 3. The Morgan fingerprint density at radius 1 is 0.778 bits per heavy atom. The van der Waals surface area contributed by atoms with E-state index in [1.54, 1.807) is 43.3 Å². The Bertz CT molecular complexity index is 1450. The highest BCUT2D eigenvalue weighted by Crippen LogP contribution is 2.25. The molecule has 3 aromatic rings. The number of rotatable bonds is 7. The minimum absolute atomic E-state index is 0.0196. The Morgan fingerprint density at radius 2 is 1.28 bits per heavy atom. The molecule has 1 atom stereocenters. The zero-order valence-corrected chi connectivity index (χ0v) is 21.2. The quantitative estimate of drug-likeness (QED) is 0.375. The number of hydrazone groups is 1. The molecule has 1 saturated heterocycles.